The van der Waals surface area contributed by atoms with Crippen molar-refractivity contribution in [3.8, 4) is 0 Å². The van der Waals surface area contributed by atoms with Crippen LogP contribution in [-0.4, -0.2) is 21.7 Å². The van der Waals surface area contributed by atoms with Gasteiger partial charge in [0.25, 0.3) is 0 Å². The van der Waals surface area contributed by atoms with Gasteiger partial charge in [0.05, 0.1) is 12.1 Å². The van der Waals surface area contributed by atoms with Gasteiger partial charge in [-0.1, -0.05) is 18.9 Å². The third-order valence-electron chi connectivity index (χ3n) is 5.42. The van der Waals surface area contributed by atoms with Gasteiger partial charge in [-0.15, -0.1) is 0 Å². The van der Waals surface area contributed by atoms with Gasteiger partial charge in [0.15, 0.2) is 0 Å². The zero-order valence-electron chi connectivity index (χ0n) is 13.9. The van der Waals surface area contributed by atoms with Gasteiger partial charge < -0.3 is 5.32 Å². The number of carbonyl (C=O) groups excluding carboxylic acids is 1. The van der Waals surface area contributed by atoms with Crippen LogP contribution in [0, 0.1) is 17.6 Å². The van der Waals surface area contributed by atoms with Crippen molar-refractivity contribution < 1.29 is 13.6 Å². The normalized spacial score (nSPS) is 28.6. The van der Waals surface area contributed by atoms with Crippen molar-refractivity contribution in [3.05, 3.63) is 53.9 Å². The standard InChI is InChI=1S/C19H21F2N3O/c20-14-5-3-6-15(21)18(14)12-11-13(12)19(25)23-16-7-1-2-8-17(16)24-10-4-9-22-24/h3-6,9-10,12-13,16-17H,1-2,7-8,11H2,(H,23,25). The van der Waals surface area contributed by atoms with E-state index in [0.717, 1.165) is 25.7 Å². The highest BCUT2D eigenvalue weighted by atomic mass is 19.1. The Morgan fingerprint density at radius 3 is 2.64 bits per heavy atom. The number of rotatable bonds is 4. The van der Waals surface area contributed by atoms with Gasteiger partial charge in [0.2, 0.25) is 5.91 Å². The van der Waals surface area contributed by atoms with Gasteiger partial charge in [0.1, 0.15) is 11.6 Å². The molecule has 2 fully saturated rings. The molecule has 1 amide bonds. The third kappa shape index (κ3) is 3.17. The van der Waals surface area contributed by atoms with Gasteiger partial charge in [-0.2, -0.15) is 5.10 Å². The van der Waals surface area contributed by atoms with E-state index in [0.29, 0.717) is 6.42 Å². The molecule has 4 unspecified atom stereocenters. The molecule has 1 aromatic carbocycles. The van der Waals surface area contributed by atoms with Crippen LogP contribution in [0.25, 0.3) is 0 Å². The van der Waals surface area contributed by atoms with Gasteiger partial charge in [-0.25, -0.2) is 8.78 Å². The maximum absolute atomic E-state index is 13.9. The van der Waals surface area contributed by atoms with Crippen LogP contribution in [0.1, 0.15) is 49.6 Å². The van der Waals surface area contributed by atoms with Crippen LogP contribution in [-0.2, 0) is 4.79 Å². The number of amides is 1. The van der Waals surface area contributed by atoms with Gasteiger partial charge >= 0.3 is 0 Å². The van der Waals surface area contributed by atoms with E-state index in [1.54, 1.807) is 6.20 Å². The van der Waals surface area contributed by atoms with Crippen molar-refractivity contribution in [3.63, 3.8) is 0 Å². The molecule has 0 aliphatic heterocycles. The Morgan fingerprint density at radius 2 is 1.92 bits per heavy atom. The van der Waals surface area contributed by atoms with E-state index < -0.39 is 11.6 Å². The van der Waals surface area contributed by atoms with E-state index >= 15 is 0 Å². The monoisotopic (exact) mass is 345 g/mol. The smallest absolute Gasteiger partial charge is 0.224 e. The highest BCUT2D eigenvalue weighted by molar-refractivity contribution is 5.83. The Bertz CT molecular complexity index is 742. The molecule has 4 nitrogen and oxygen atoms in total. The van der Waals surface area contributed by atoms with Crippen LogP contribution in [0.15, 0.2) is 36.7 Å². The fourth-order valence-corrected chi connectivity index (χ4v) is 4.03. The molecule has 0 bridgehead atoms. The first-order valence-corrected chi connectivity index (χ1v) is 8.88. The third-order valence-corrected chi connectivity index (χ3v) is 5.42. The second-order valence-electron chi connectivity index (χ2n) is 7.04. The first-order chi connectivity index (χ1) is 12.1. The molecule has 132 valence electrons. The van der Waals surface area contributed by atoms with Crippen molar-refractivity contribution in [2.24, 2.45) is 5.92 Å². The summed E-state index contributed by atoms with van der Waals surface area (Å²) in [4.78, 5) is 12.6. The highest BCUT2D eigenvalue weighted by Crippen LogP contribution is 2.49. The summed E-state index contributed by atoms with van der Waals surface area (Å²) in [5, 5.41) is 7.42. The van der Waals surface area contributed by atoms with Crippen LogP contribution >= 0.6 is 0 Å². The van der Waals surface area contributed by atoms with E-state index in [9.17, 15) is 13.6 Å². The molecule has 6 heteroatoms. The minimum absolute atomic E-state index is 0.0212. The molecular weight excluding hydrogens is 324 g/mol. The zero-order chi connectivity index (χ0) is 17.4. The number of halogens is 2. The molecule has 1 aromatic heterocycles. The summed E-state index contributed by atoms with van der Waals surface area (Å²) in [5.74, 6) is -1.92. The molecule has 1 heterocycles. The molecule has 0 saturated heterocycles. The van der Waals surface area contributed by atoms with E-state index in [1.165, 1.54) is 18.2 Å². The van der Waals surface area contributed by atoms with Crippen molar-refractivity contribution in [1.29, 1.82) is 0 Å². The maximum atomic E-state index is 13.9. The first-order valence-electron chi connectivity index (χ1n) is 8.88. The number of carbonyl (C=O) groups is 1. The molecule has 2 aliphatic carbocycles. The number of aromatic nitrogens is 2. The Morgan fingerprint density at radius 1 is 1.16 bits per heavy atom. The Hall–Kier alpha value is -2.24. The number of hydrogen-bond donors (Lipinski definition) is 1. The average molecular weight is 345 g/mol. The summed E-state index contributed by atoms with van der Waals surface area (Å²) in [6.07, 6.45) is 8.23. The summed E-state index contributed by atoms with van der Waals surface area (Å²) < 4.78 is 29.7. The number of hydrogen-bond acceptors (Lipinski definition) is 2. The summed E-state index contributed by atoms with van der Waals surface area (Å²) >= 11 is 0. The summed E-state index contributed by atoms with van der Waals surface area (Å²) in [6, 6.07) is 5.90. The largest absolute Gasteiger partial charge is 0.351 e. The molecule has 4 rings (SSSR count). The summed E-state index contributed by atoms with van der Waals surface area (Å²) in [6.45, 7) is 0. The quantitative estimate of drug-likeness (QED) is 0.921. The fraction of sp³-hybridized carbons (Fsp3) is 0.474. The molecular formula is C19H21F2N3O. The van der Waals surface area contributed by atoms with Crippen molar-refractivity contribution in [2.45, 2.75) is 50.1 Å². The minimum Gasteiger partial charge on any atom is -0.351 e. The summed E-state index contributed by atoms with van der Waals surface area (Å²) in [5.41, 5.74) is 0.0509. The minimum atomic E-state index is -0.563. The predicted octanol–water partition coefficient (Wildman–Crippen LogP) is 3.56. The van der Waals surface area contributed by atoms with E-state index in [2.05, 4.69) is 10.4 Å². The molecule has 1 N–H and O–H groups in total. The molecule has 2 saturated carbocycles. The molecule has 0 radical (unpaired) electrons. The Balaban J connectivity index is 1.44. The van der Waals surface area contributed by atoms with Gasteiger partial charge in [-0.3, -0.25) is 9.48 Å². The van der Waals surface area contributed by atoms with Crippen LogP contribution in [0.5, 0.6) is 0 Å². The van der Waals surface area contributed by atoms with Crippen molar-refractivity contribution >= 4 is 5.91 Å². The molecule has 2 aromatic rings. The van der Waals surface area contributed by atoms with E-state index in [1.807, 2.05) is 16.9 Å². The van der Waals surface area contributed by atoms with Crippen LogP contribution in [0.3, 0.4) is 0 Å². The second kappa shape index (κ2) is 6.58. The van der Waals surface area contributed by atoms with Gasteiger partial charge in [0, 0.05) is 29.8 Å². The summed E-state index contributed by atoms with van der Waals surface area (Å²) in [7, 11) is 0. The lowest BCUT2D eigenvalue weighted by Gasteiger charge is -2.32. The lowest BCUT2D eigenvalue weighted by Crippen LogP contribution is -2.44. The Kier molecular flexibility index (Phi) is 4.27. The molecule has 4 atom stereocenters. The predicted molar refractivity (Wildman–Crippen MR) is 88.9 cm³/mol. The number of nitrogens with zero attached hydrogens (tertiary/aromatic N) is 2. The van der Waals surface area contributed by atoms with Crippen molar-refractivity contribution in [2.75, 3.05) is 0 Å². The molecule has 0 spiro atoms. The van der Waals surface area contributed by atoms with E-state index in [-0.39, 0.29) is 35.4 Å². The van der Waals surface area contributed by atoms with Crippen LogP contribution in [0.4, 0.5) is 8.78 Å². The average Bonchev–Trinajstić information content (AvgIpc) is 3.18. The fourth-order valence-electron chi connectivity index (χ4n) is 4.03. The SMILES string of the molecule is O=C(NC1CCCCC1n1cccn1)C1CC1c1c(F)cccc1F. The lowest BCUT2D eigenvalue weighted by atomic mass is 9.90. The zero-order valence-corrected chi connectivity index (χ0v) is 13.9. The van der Waals surface area contributed by atoms with Crippen LogP contribution in [0.2, 0.25) is 0 Å². The van der Waals surface area contributed by atoms with Crippen molar-refractivity contribution in [1.82, 2.24) is 15.1 Å². The lowest BCUT2D eigenvalue weighted by molar-refractivity contribution is -0.123. The molecule has 2 aliphatic rings. The molecule has 25 heavy (non-hydrogen) atoms. The van der Waals surface area contributed by atoms with E-state index in [4.69, 9.17) is 0 Å². The highest BCUT2D eigenvalue weighted by Gasteiger charge is 2.47. The maximum Gasteiger partial charge on any atom is 0.224 e. The number of nitrogens with one attached hydrogen (secondary N) is 1. The second-order valence-corrected chi connectivity index (χ2v) is 7.04. The Labute approximate surface area is 145 Å². The topological polar surface area (TPSA) is 46.9 Å². The number of benzene rings is 1. The van der Waals surface area contributed by atoms with Gasteiger partial charge in [-0.05, 0) is 37.5 Å². The first kappa shape index (κ1) is 16.2. The van der Waals surface area contributed by atoms with Crippen LogP contribution < -0.4 is 5.32 Å².